The number of nitrogens with zero attached hydrogens (tertiary/aromatic N) is 2. The number of benzene rings is 2. The zero-order valence-corrected chi connectivity index (χ0v) is 13.8. The predicted octanol–water partition coefficient (Wildman–Crippen LogP) is 2.30. The monoisotopic (exact) mass is 326 g/mol. The molecule has 1 aliphatic heterocycles. The van der Waals surface area contributed by atoms with Crippen molar-refractivity contribution in [3.63, 3.8) is 0 Å². The molecule has 1 fully saturated rings. The average molecular weight is 326 g/mol. The Morgan fingerprint density at radius 1 is 1.00 bits per heavy atom. The van der Waals surface area contributed by atoms with E-state index in [-0.39, 0.29) is 17.4 Å². The predicted molar refractivity (Wildman–Crippen MR) is 93.4 cm³/mol. The first kappa shape index (κ1) is 16.2. The number of phenols is 2. The third kappa shape index (κ3) is 3.45. The first-order chi connectivity index (χ1) is 11.5. The molecule has 3 rings (SSSR count). The van der Waals surface area contributed by atoms with Crippen molar-refractivity contribution in [3.8, 4) is 11.5 Å². The number of para-hydroxylation sites is 2. The lowest BCUT2D eigenvalue weighted by Crippen LogP contribution is -2.49. The maximum Gasteiger partial charge on any atom is 0.227 e. The Bertz CT molecular complexity index is 737. The normalized spacial score (nSPS) is 14.7. The Morgan fingerprint density at radius 3 is 2.38 bits per heavy atom. The topological polar surface area (TPSA) is 64.0 Å². The average Bonchev–Trinajstić information content (AvgIpc) is 2.59. The summed E-state index contributed by atoms with van der Waals surface area (Å²) in [5.74, 6) is 0.562. The molecule has 2 aromatic carbocycles. The van der Waals surface area contributed by atoms with Crippen LogP contribution in [0.2, 0.25) is 0 Å². The summed E-state index contributed by atoms with van der Waals surface area (Å²) < 4.78 is 0. The molecule has 126 valence electrons. The molecule has 0 aromatic heterocycles. The van der Waals surface area contributed by atoms with Crippen LogP contribution >= 0.6 is 0 Å². The van der Waals surface area contributed by atoms with Crippen molar-refractivity contribution in [3.05, 3.63) is 53.6 Å². The van der Waals surface area contributed by atoms with Gasteiger partial charge in [-0.3, -0.25) is 4.79 Å². The number of phenolic OH excluding ortho intramolecular Hbond substituents is 2. The van der Waals surface area contributed by atoms with Crippen molar-refractivity contribution in [2.45, 2.75) is 13.3 Å². The van der Waals surface area contributed by atoms with Gasteiger partial charge in [0.15, 0.2) is 0 Å². The largest absolute Gasteiger partial charge is 0.508 e. The number of amides is 1. The Balaban J connectivity index is 1.59. The maximum absolute atomic E-state index is 12.5. The number of piperazine rings is 1. The molecule has 0 atom stereocenters. The van der Waals surface area contributed by atoms with Crippen molar-refractivity contribution in [2.75, 3.05) is 31.1 Å². The minimum absolute atomic E-state index is 0.0650. The summed E-state index contributed by atoms with van der Waals surface area (Å²) in [7, 11) is 0. The fourth-order valence-electron chi connectivity index (χ4n) is 2.98. The van der Waals surface area contributed by atoms with Crippen LogP contribution in [0.4, 0.5) is 5.69 Å². The van der Waals surface area contributed by atoms with Crippen LogP contribution in [0.25, 0.3) is 0 Å². The number of hydrogen-bond donors (Lipinski definition) is 2. The molecule has 0 unspecified atom stereocenters. The van der Waals surface area contributed by atoms with Crippen LogP contribution in [-0.4, -0.2) is 47.2 Å². The Morgan fingerprint density at radius 2 is 1.71 bits per heavy atom. The van der Waals surface area contributed by atoms with Crippen molar-refractivity contribution in [1.29, 1.82) is 0 Å². The number of aryl methyl sites for hydroxylation is 1. The van der Waals surface area contributed by atoms with Crippen LogP contribution in [-0.2, 0) is 11.2 Å². The molecule has 1 aliphatic rings. The van der Waals surface area contributed by atoms with Gasteiger partial charge in [-0.25, -0.2) is 0 Å². The van der Waals surface area contributed by atoms with Crippen LogP contribution in [0.1, 0.15) is 11.1 Å². The molecule has 0 spiro atoms. The molecule has 5 heteroatoms. The number of hydrogen-bond acceptors (Lipinski definition) is 4. The van der Waals surface area contributed by atoms with Crippen LogP contribution < -0.4 is 4.90 Å². The highest BCUT2D eigenvalue weighted by Crippen LogP contribution is 2.27. The van der Waals surface area contributed by atoms with E-state index in [1.165, 1.54) is 0 Å². The van der Waals surface area contributed by atoms with Crippen LogP contribution in [0, 0.1) is 6.92 Å². The molecule has 1 saturated heterocycles. The van der Waals surface area contributed by atoms with E-state index in [2.05, 4.69) is 4.90 Å². The van der Waals surface area contributed by atoms with E-state index in [0.717, 1.165) is 16.8 Å². The molecule has 0 aliphatic carbocycles. The molecule has 1 heterocycles. The van der Waals surface area contributed by atoms with Gasteiger partial charge < -0.3 is 20.0 Å². The second kappa shape index (κ2) is 6.83. The first-order valence-electron chi connectivity index (χ1n) is 8.14. The van der Waals surface area contributed by atoms with E-state index in [9.17, 15) is 15.0 Å². The number of carbonyl (C=O) groups excluding carboxylic acids is 1. The summed E-state index contributed by atoms with van der Waals surface area (Å²) in [6, 6.07) is 12.6. The Labute approximate surface area is 141 Å². The van der Waals surface area contributed by atoms with E-state index in [4.69, 9.17) is 0 Å². The molecular weight excluding hydrogens is 304 g/mol. The molecular formula is C19H22N2O3. The summed E-state index contributed by atoms with van der Waals surface area (Å²) in [4.78, 5) is 16.4. The Kier molecular flexibility index (Phi) is 4.60. The first-order valence-corrected chi connectivity index (χ1v) is 8.14. The molecule has 0 saturated carbocycles. The van der Waals surface area contributed by atoms with Crippen molar-refractivity contribution >= 4 is 11.6 Å². The number of aromatic hydroxyl groups is 2. The lowest BCUT2D eigenvalue weighted by molar-refractivity contribution is -0.130. The van der Waals surface area contributed by atoms with Gasteiger partial charge in [-0.05, 0) is 36.2 Å². The van der Waals surface area contributed by atoms with E-state index in [1.807, 2.05) is 36.1 Å². The molecule has 0 bridgehead atoms. The number of carbonyl (C=O) groups is 1. The summed E-state index contributed by atoms with van der Waals surface area (Å²) in [6.45, 7) is 4.49. The third-order valence-corrected chi connectivity index (χ3v) is 4.48. The van der Waals surface area contributed by atoms with Crippen LogP contribution in [0.15, 0.2) is 42.5 Å². The fraction of sp³-hybridized carbons (Fsp3) is 0.316. The second-order valence-electron chi connectivity index (χ2n) is 6.15. The van der Waals surface area contributed by atoms with Crippen molar-refractivity contribution in [2.24, 2.45) is 0 Å². The summed E-state index contributed by atoms with van der Waals surface area (Å²) in [5, 5.41) is 19.7. The number of rotatable bonds is 3. The van der Waals surface area contributed by atoms with Gasteiger partial charge in [0, 0.05) is 26.2 Å². The lowest BCUT2D eigenvalue weighted by atomic mass is 10.1. The van der Waals surface area contributed by atoms with E-state index >= 15 is 0 Å². The third-order valence-electron chi connectivity index (χ3n) is 4.48. The molecule has 2 N–H and O–H groups in total. The zero-order chi connectivity index (χ0) is 17.1. The van der Waals surface area contributed by atoms with Gasteiger partial charge in [0.25, 0.3) is 0 Å². The quantitative estimate of drug-likeness (QED) is 0.908. The highest BCUT2D eigenvalue weighted by atomic mass is 16.3. The fourth-order valence-corrected chi connectivity index (χ4v) is 2.98. The van der Waals surface area contributed by atoms with Gasteiger partial charge in [0.1, 0.15) is 11.5 Å². The van der Waals surface area contributed by atoms with Crippen molar-refractivity contribution in [1.82, 2.24) is 4.90 Å². The number of anilines is 1. The zero-order valence-electron chi connectivity index (χ0n) is 13.8. The van der Waals surface area contributed by atoms with E-state index < -0.39 is 0 Å². The SMILES string of the molecule is Cc1ccc(CC(=O)N2CCN(c3ccccc3O)CC2)cc1O. The van der Waals surface area contributed by atoms with Gasteiger partial charge in [0.2, 0.25) is 5.91 Å². The van der Waals surface area contributed by atoms with Gasteiger partial charge in [-0.15, -0.1) is 0 Å². The molecule has 0 radical (unpaired) electrons. The van der Waals surface area contributed by atoms with Crippen molar-refractivity contribution < 1.29 is 15.0 Å². The van der Waals surface area contributed by atoms with Gasteiger partial charge in [-0.2, -0.15) is 0 Å². The Hall–Kier alpha value is -2.69. The van der Waals surface area contributed by atoms with Gasteiger partial charge in [-0.1, -0.05) is 24.3 Å². The summed E-state index contributed by atoms with van der Waals surface area (Å²) in [5.41, 5.74) is 2.45. The maximum atomic E-state index is 12.5. The highest BCUT2D eigenvalue weighted by Gasteiger charge is 2.22. The van der Waals surface area contributed by atoms with E-state index in [0.29, 0.717) is 32.6 Å². The highest BCUT2D eigenvalue weighted by molar-refractivity contribution is 5.79. The van der Waals surface area contributed by atoms with Gasteiger partial charge >= 0.3 is 0 Å². The smallest absolute Gasteiger partial charge is 0.227 e. The van der Waals surface area contributed by atoms with Gasteiger partial charge in [0.05, 0.1) is 12.1 Å². The minimum atomic E-state index is 0.0650. The minimum Gasteiger partial charge on any atom is -0.508 e. The van der Waals surface area contributed by atoms with E-state index in [1.54, 1.807) is 18.2 Å². The molecule has 1 amide bonds. The van der Waals surface area contributed by atoms with Crippen LogP contribution in [0.5, 0.6) is 11.5 Å². The summed E-state index contributed by atoms with van der Waals surface area (Å²) >= 11 is 0. The molecule has 24 heavy (non-hydrogen) atoms. The molecule has 5 nitrogen and oxygen atoms in total. The standard InChI is InChI=1S/C19H22N2O3/c1-14-6-7-15(12-18(14)23)13-19(24)21-10-8-20(9-11-21)16-4-2-3-5-17(16)22/h2-7,12,22-23H,8-11,13H2,1H3. The summed E-state index contributed by atoms with van der Waals surface area (Å²) in [6.07, 6.45) is 0.296. The van der Waals surface area contributed by atoms with Crippen LogP contribution in [0.3, 0.4) is 0 Å². The molecule has 2 aromatic rings. The second-order valence-corrected chi connectivity index (χ2v) is 6.15. The lowest BCUT2D eigenvalue weighted by Gasteiger charge is -2.36.